The molecule has 1 aliphatic carbocycles. The van der Waals surface area contributed by atoms with Gasteiger partial charge in [0.2, 0.25) is 0 Å². The molecule has 2 rings (SSSR count). The van der Waals surface area contributed by atoms with Gasteiger partial charge in [0, 0.05) is 0 Å². The van der Waals surface area contributed by atoms with Gasteiger partial charge in [-0.1, -0.05) is 52.8 Å². The number of rotatable bonds is 0. The van der Waals surface area contributed by atoms with E-state index in [1.807, 2.05) is 30.3 Å². The van der Waals surface area contributed by atoms with Crippen molar-refractivity contribution in [1.82, 2.24) is 0 Å². The Kier molecular flexibility index (Phi) is 10.3. The van der Waals surface area contributed by atoms with Gasteiger partial charge in [-0.2, -0.15) is 0 Å². The molecule has 0 spiro atoms. The molecule has 2 nitrogen and oxygen atoms in total. The predicted octanol–water partition coefficient (Wildman–Crippen LogP) is 4.36. The van der Waals surface area contributed by atoms with E-state index < -0.39 is 18.5 Å². The van der Waals surface area contributed by atoms with Crippen LogP contribution in [0.2, 0.25) is 0 Å². The van der Waals surface area contributed by atoms with Crippen LogP contribution in [-0.2, 0) is 25.3 Å². The average Bonchev–Trinajstić information content (AvgIpc) is 2.68. The third-order valence-corrected chi connectivity index (χ3v) is 3.73. The second kappa shape index (κ2) is 10.7. The summed E-state index contributed by atoms with van der Waals surface area (Å²) in [5, 5.41) is 0. The summed E-state index contributed by atoms with van der Waals surface area (Å²) in [6.45, 7) is 11.0. The van der Waals surface area contributed by atoms with E-state index in [1.54, 1.807) is 0 Å². The Hall–Kier alpha value is -0.932. The van der Waals surface area contributed by atoms with Crippen LogP contribution in [0.15, 0.2) is 30.3 Å². The third-order valence-electron chi connectivity index (χ3n) is 3.73. The van der Waals surface area contributed by atoms with E-state index in [-0.39, 0.29) is 0 Å². The maximum absolute atomic E-state index is 8.54. The number of hydrogen-bond acceptors (Lipinski definition) is 2. The Morgan fingerprint density at radius 2 is 1.05 bits per heavy atom. The normalized spacial score (nSPS) is 17.1. The zero-order valence-corrected chi connectivity index (χ0v) is 16.0. The summed E-state index contributed by atoms with van der Waals surface area (Å²) >= 11 is -2.25. The molecule has 1 aromatic rings. The molecule has 3 heteroatoms. The Morgan fingerprint density at radius 3 is 1.24 bits per heavy atom. The second-order valence-electron chi connectivity index (χ2n) is 4.68. The molecule has 21 heavy (non-hydrogen) atoms. The van der Waals surface area contributed by atoms with Crippen LogP contribution in [0.1, 0.15) is 40.2 Å². The first-order valence-electron chi connectivity index (χ1n) is 6.49. The van der Waals surface area contributed by atoms with Gasteiger partial charge in [-0.25, -0.2) is 0 Å². The zero-order valence-electron chi connectivity index (χ0n) is 13.1. The quantitative estimate of drug-likeness (QED) is 0.433. The van der Waals surface area contributed by atoms with Gasteiger partial charge in [-0.3, -0.25) is 5.92 Å². The van der Waals surface area contributed by atoms with Crippen LogP contribution < -0.4 is 0 Å². The molecule has 0 saturated heterocycles. The molecule has 1 aliphatic rings. The summed E-state index contributed by atoms with van der Waals surface area (Å²) in [4.78, 5) is 0. The molecule has 1 aromatic carbocycles. The molecule has 0 unspecified atom stereocenters. The molecule has 0 aromatic heterocycles. The van der Waals surface area contributed by atoms with Crippen molar-refractivity contribution in [3.8, 4) is 5.92 Å². The van der Waals surface area contributed by atoms with E-state index in [9.17, 15) is 0 Å². The fraction of sp³-hybridized carbons (Fsp3) is 0.278. The molecular weight excluding hydrogens is 432 g/mol. The van der Waals surface area contributed by atoms with Gasteiger partial charge in [0.25, 0.3) is 0 Å². The van der Waals surface area contributed by atoms with Gasteiger partial charge >= 0.3 is 25.3 Å². The Bertz CT molecular complexity index is 427. The van der Waals surface area contributed by atoms with Gasteiger partial charge in [-0.05, 0) is 29.6 Å². The Balaban J connectivity index is 0.000000327. The molecule has 0 bridgehead atoms. The van der Waals surface area contributed by atoms with Crippen molar-refractivity contribution < 1.29 is 25.3 Å². The molecular formula is C18H20O2W-. The molecule has 1 fully saturated rings. The molecule has 111 valence electrons. The average molecular weight is 452 g/mol. The summed E-state index contributed by atoms with van der Waals surface area (Å²) in [5.74, 6) is 9.61. The molecule has 0 aliphatic heterocycles. The zero-order chi connectivity index (χ0) is 16.4. The van der Waals surface area contributed by atoms with Crippen molar-refractivity contribution in [3.63, 3.8) is 0 Å². The minimum absolute atomic E-state index is 0.826. The van der Waals surface area contributed by atoms with Crippen molar-refractivity contribution in [2.75, 3.05) is 0 Å². The van der Waals surface area contributed by atoms with Crippen molar-refractivity contribution in [2.24, 2.45) is 0 Å². The summed E-state index contributed by atoms with van der Waals surface area (Å²) < 4.78 is 17.1. The molecule has 0 amide bonds. The SMILES string of the molecule is C[C]1[C](C)[C](C)[C](C)[C]1C.[C-]#Cc1ccccc1.[O]=[W]=[O]. The number of hydrogen-bond donors (Lipinski definition) is 0. The fourth-order valence-electron chi connectivity index (χ4n) is 1.93. The van der Waals surface area contributed by atoms with Crippen LogP contribution in [0.25, 0.3) is 0 Å². The Morgan fingerprint density at radius 1 is 0.762 bits per heavy atom. The second-order valence-corrected chi connectivity index (χ2v) is 5.17. The van der Waals surface area contributed by atoms with Crippen molar-refractivity contribution in [1.29, 1.82) is 0 Å². The predicted molar refractivity (Wildman–Crippen MR) is 78.6 cm³/mol. The monoisotopic (exact) mass is 452 g/mol. The van der Waals surface area contributed by atoms with Crippen LogP contribution in [0.4, 0.5) is 0 Å². The van der Waals surface area contributed by atoms with E-state index >= 15 is 0 Å². The van der Waals surface area contributed by atoms with Crippen molar-refractivity contribution in [2.45, 2.75) is 34.6 Å². The molecule has 1 saturated carbocycles. The van der Waals surface area contributed by atoms with E-state index in [0.29, 0.717) is 0 Å². The van der Waals surface area contributed by atoms with Crippen LogP contribution in [-0.4, -0.2) is 0 Å². The molecule has 0 N–H and O–H groups in total. The van der Waals surface area contributed by atoms with Crippen LogP contribution in [0.5, 0.6) is 0 Å². The van der Waals surface area contributed by atoms with Crippen LogP contribution in [0.3, 0.4) is 0 Å². The topological polar surface area (TPSA) is 34.1 Å². The number of benzene rings is 1. The van der Waals surface area contributed by atoms with Crippen molar-refractivity contribution in [3.05, 3.63) is 71.9 Å². The first-order valence-corrected chi connectivity index (χ1v) is 8.89. The van der Waals surface area contributed by atoms with Gasteiger partial charge < -0.3 is 6.42 Å². The van der Waals surface area contributed by atoms with Gasteiger partial charge in [0.05, 0.1) is 0 Å². The summed E-state index contributed by atoms with van der Waals surface area (Å²) in [6, 6.07) is 9.37. The van der Waals surface area contributed by atoms with Gasteiger partial charge in [0.15, 0.2) is 0 Å². The van der Waals surface area contributed by atoms with E-state index in [1.165, 1.54) is 29.6 Å². The van der Waals surface area contributed by atoms with Crippen LogP contribution >= 0.6 is 0 Å². The first-order chi connectivity index (χ1) is 9.90. The van der Waals surface area contributed by atoms with E-state index in [2.05, 4.69) is 40.5 Å². The third kappa shape index (κ3) is 6.57. The van der Waals surface area contributed by atoms with Gasteiger partial charge in [0.1, 0.15) is 0 Å². The van der Waals surface area contributed by atoms with Crippen molar-refractivity contribution >= 4 is 0 Å². The van der Waals surface area contributed by atoms with E-state index in [0.717, 1.165) is 5.56 Å². The molecule has 0 atom stereocenters. The summed E-state index contributed by atoms with van der Waals surface area (Å²) in [6.07, 6.45) is 6.69. The molecule has 0 heterocycles. The van der Waals surface area contributed by atoms with E-state index in [4.69, 9.17) is 13.2 Å². The Labute approximate surface area is 137 Å². The molecule has 5 radical (unpaired) electrons. The summed E-state index contributed by atoms with van der Waals surface area (Å²) in [7, 11) is 0. The standard InChI is InChI=1S/C10H15.C8H5.2O.W/c1-6-7(2)9(4)10(5)8(6)3;1-2-8-6-4-3-5-7-8;;;/h1-5H3;3-7H;;;/q;-1;;;. The summed E-state index contributed by atoms with van der Waals surface area (Å²) in [5.41, 5.74) is 0.826. The minimum atomic E-state index is -2.25. The van der Waals surface area contributed by atoms with Crippen LogP contribution in [0, 0.1) is 41.9 Å². The first kappa shape index (κ1) is 20.1. The fourth-order valence-corrected chi connectivity index (χ4v) is 1.93. The maximum atomic E-state index is 8.54. The van der Waals surface area contributed by atoms with Gasteiger partial charge in [-0.15, -0.1) is 17.7 Å².